The first-order chi connectivity index (χ1) is 57.9. The summed E-state index contributed by atoms with van der Waals surface area (Å²) >= 11 is 0. The summed E-state index contributed by atoms with van der Waals surface area (Å²) in [5.41, 5.74) is 9.74. The van der Waals surface area contributed by atoms with Crippen LogP contribution in [0, 0.1) is 71.0 Å². The number of piperidine rings is 1. The summed E-state index contributed by atoms with van der Waals surface area (Å²) in [7, 11) is 1.67. The molecule has 7 nitrogen and oxygen atoms in total. The Morgan fingerprint density at radius 2 is 0.559 bits per heavy atom. The van der Waals surface area contributed by atoms with Gasteiger partial charge in [-0.05, 0) is 210 Å². The lowest BCUT2D eigenvalue weighted by atomic mass is 9.80. The molecule has 1 radical (unpaired) electrons. The van der Waals surface area contributed by atoms with Gasteiger partial charge in [-0.25, -0.2) is 4.79 Å². The van der Waals surface area contributed by atoms with E-state index in [0.29, 0.717) is 24.2 Å². The SMILES string of the molecule is COc1c2cc(C(=O)OC3CC(C)(C)N([O])C(C)(C)C3)cc1-c1ccc(cc1)C#Cc1ccc(cc1)OCCCCCCCCCCCCCCCCCCCCCCCC#Cc1ccc(cc1)C#CC#Cc1ccc(cc1)C#CCCCCCCCCCCCCCCCCCCCCCCCOc1ccc(cc1)C#Cc1ccc-2cc1. The lowest BCUT2D eigenvalue weighted by Gasteiger charge is -2.49. The van der Waals surface area contributed by atoms with E-state index >= 15 is 0 Å². The first-order valence-corrected chi connectivity index (χ1v) is 46.2. The van der Waals surface area contributed by atoms with Gasteiger partial charge in [0.05, 0.1) is 25.9 Å². The molecule has 0 aromatic heterocycles. The van der Waals surface area contributed by atoms with Crippen molar-refractivity contribution in [2.24, 2.45) is 0 Å². The minimum Gasteiger partial charge on any atom is -0.495 e. The summed E-state index contributed by atoms with van der Waals surface area (Å²) < 4.78 is 24.9. The van der Waals surface area contributed by atoms with E-state index in [9.17, 15) is 10.0 Å². The van der Waals surface area contributed by atoms with Crippen molar-refractivity contribution in [3.05, 3.63) is 208 Å². The largest absolute Gasteiger partial charge is 0.495 e. The van der Waals surface area contributed by atoms with Crippen LogP contribution < -0.4 is 14.2 Å². The van der Waals surface area contributed by atoms with Crippen LogP contribution >= 0.6 is 0 Å². The number of carbonyl (C=O) groups excluding carboxylic acids is 1. The zero-order chi connectivity index (χ0) is 82.6. The van der Waals surface area contributed by atoms with E-state index in [0.717, 1.165) is 122 Å². The maximum Gasteiger partial charge on any atom is 0.338 e. The molecule has 7 aromatic carbocycles. The Morgan fingerprint density at radius 3 is 0.839 bits per heavy atom. The highest BCUT2D eigenvalue weighted by Gasteiger charge is 2.47. The average Bonchev–Trinajstić information content (AvgIpc) is 0.776. The standard InChI is InChI=1S/C111H138NO6/c1-110(2)90-105(91-111(3,4)112(110)114)118-109(113)102-88-106-100-78-70-96(71-79-100)66-68-98-74-82-103(83-75-98)116-86-52-46-42-38-34-30-26-22-18-14-10-6-8-12-16-20-24-28-32-36-40-44-48-54-92-58-62-94(63-59-92)56-50-51-57-95-64-60-93(61-65-95)55-49-45-41-37-33-29-25-21-17-13-9-7-11-15-19-23-27-31-35-39-43-47-53-87-117-104-84-76-99(77-85-104)69-67-97-72-80-101(81-73-97)107(89-102)108(106)115-5/h58-65,70-85,88-89,105H,6-47,52-53,86-87,90-91H2,1-5H3. The van der Waals surface area contributed by atoms with E-state index in [1.54, 1.807) is 7.11 Å². The quantitative estimate of drug-likeness (QED) is 0.130. The van der Waals surface area contributed by atoms with Crippen molar-refractivity contribution in [1.82, 2.24) is 5.06 Å². The molecule has 17 rings (SSSR count). The molecule has 7 heteroatoms. The van der Waals surface area contributed by atoms with Gasteiger partial charge in [0, 0.05) is 92.4 Å². The average molecular weight is 1580 g/mol. The van der Waals surface area contributed by atoms with Crippen LogP contribution in [0.25, 0.3) is 22.3 Å². The molecular formula is C111H138NO6. The predicted octanol–water partition coefficient (Wildman–Crippen LogP) is 29.1. The molecule has 14 bridgehead atoms. The van der Waals surface area contributed by atoms with E-state index in [-0.39, 0.29) is 0 Å². The number of hydrogen-bond acceptors (Lipinski definition) is 6. The van der Waals surface area contributed by atoms with Gasteiger partial charge in [-0.2, -0.15) is 0 Å². The smallest absolute Gasteiger partial charge is 0.338 e. The molecule has 0 amide bonds. The van der Waals surface area contributed by atoms with Crippen LogP contribution in [0.15, 0.2) is 158 Å². The van der Waals surface area contributed by atoms with Gasteiger partial charge in [0.15, 0.2) is 0 Å². The van der Waals surface area contributed by atoms with E-state index in [4.69, 9.17) is 18.9 Å². The van der Waals surface area contributed by atoms with Gasteiger partial charge >= 0.3 is 5.97 Å². The van der Waals surface area contributed by atoms with Gasteiger partial charge in [-0.1, -0.05) is 327 Å². The summed E-state index contributed by atoms with van der Waals surface area (Å²) in [5, 5.41) is 14.4. The molecule has 623 valence electrons. The molecule has 0 unspecified atom stereocenters. The summed E-state index contributed by atoms with van der Waals surface area (Å²) in [5.74, 6) is 41.2. The minimum absolute atomic E-state index is 0.394. The fraction of sp³-hybridized carbons (Fsp3) is 0.505. The molecule has 10 aliphatic heterocycles. The molecule has 118 heavy (non-hydrogen) atoms. The van der Waals surface area contributed by atoms with Crippen molar-refractivity contribution in [1.29, 1.82) is 0 Å². The molecule has 1 fully saturated rings. The number of esters is 1. The Kier molecular flexibility index (Phi) is 42.9. The number of hydroxylamine groups is 2. The minimum atomic E-state index is -0.700. The van der Waals surface area contributed by atoms with Crippen molar-refractivity contribution in [3.63, 3.8) is 0 Å². The number of rotatable bonds is 3. The Labute approximate surface area is 714 Å². The van der Waals surface area contributed by atoms with E-state index < -0.39 is 23.2 Å². The van der Waals surface area contributed by atoms with Crippen LogP contribution in [0.2, 0.25) is 0 Å². The van der Waals surface area contributed by atoms with Crippen LogP contribution in [0.3, 0.4) is 0 Å². The highest BCUT2D eigenvalue weighted by Crippen LogP contribution is 2.43. The maximum absolute atomic E-state index is 14.4. The van der Waals surface area contributed by atoms with E-state index in [2.05, 4.69) is 95.3 Å². The third-order valence-electron chi connectivity index (χ3n) is 23.3. The van der Waals surface area contributed by atoms with Crippen LogP contribution in [0.4, 0.5) is 0 Å². The van der Waals surface area contributed by atoms with Crippen molar-refractivity contribution < 1.29 is 28.9 Å². The third kappa shape index (κ3) is 36.1. The zero-order valence-corrected chi connectivity index (χ0v) is 72.9. The normalized spacial score (nSPS) is 18.1. The second-order valence-corrected chi connectivity index (χ2v) is 34.5. The van der Waals surface area contributed by atoms with Gasteiger partial charge in [-0.15, -0.1) is 10.3 Å². The van der Waals surface area contributed by atoms with Crippen LogP contribution in [0.5, 0.6) is 17.2 Å². The number of benzene rings is 7. The Morgan fingerprint density at radius 1 is 0.322 bits per heavy atom. The molecule has 7 aromatic rings. The molecule has 0 spiro atoms. The summed E-state index contributed by atoms with van der Waals surface area (Å²) in [6.45, 7) is 9.11. The van der Waals surface area contributed by atoms with Gasteiger partial charge in [-0.3, -0.25) is 0 Å². The van der Waals surface area contributed by atoms with Gasteiger partial charge in [0.25, 0.3) is 0 Å². The molecule has 0 N–H and O–H groups in total. The second kappa shape index (κ2) is 54.7. The second-order valence-electron chi connectivity index (χ2n) is 34.5. The zero-order valence-electron chi connectivity index (χ0n) is 72.9. The number of fused-ring (bicyclic) bond motifs is 2. The lowest BCUT2D eigenvalue weighted by Crippen LogP contribution is -2.60. The number of carbonyl (C=O) groups is 1. The van der Waals surface area contributed by atoms with Crippen molar-refractivity contribution in [3.8, 4) is 111 Å². The van der Waals surface area contributed by atoms with Crippen molar-refractivity contribution in [2.75, 3.05) is 20.3 Å². The Balaban J connectivity index is 0.700. The molecule has 0 aliphatic carbocycles. The topological polar surface area (TPSA) is 77.1 Å². The summed E-state index contributed by atoms with van der Waals surface area (Å²) in [6, 6.07) is 52.4. The van der Waals surface area contributed by atoms with Gasteiger partial charge in [0.2, 0.25) is 0 Å². The highest BCUT2D eigenvalue weighted by atomic mass is 16.5. The number of nitrogens with zero attached hydrogens (tertiary/aromatic N) is 1. The monoisotopic (exact) mass is 1580 g/mol. The van der Waals surface area contributed by atoms with Crippen molar-refractivity contribution in [2.45, 2.75) is 340 Å². The number of ether oxygens (including phenoxy) is 4. The van der Waals surface area contributed by atoms with E-state index in [1.807, 2.05) is 161 Å². The van der Waals surface area contributed by atoms with E-state index in [1.165, 1.54) is 257 Å². The molecule has 1 saturated heterocycles. The fourth-order valence-electron chi connectivity index (χ4n) is 16.4. The molecule has 0 atom stereocenters. The van der Waals surface area contributed by atoms with Gasteiger partial charge in [0.1, 0.15) is 23.4 Å². The first-order valence-electron chi connectivity index (χ1n) is 46.2. The summed E-state index contributed by atoms with van der Waals surface area (Å²) in [6.07, 6.45) is 58.3. The molecular weight excluding hydrogens is 1440 g/mol. The number of hydrogen-bond donors (Lipinski definition) is 0. The Bertz CT molecular complexity index is 4160. The fourth-order valence-corrected chi connectivity index (χ4v) is 16.4. The van der Waals surface area contributed by atoms with Crippen LogP contribution in [0.1, 0.15) is 378 Å². The maximum atomic E-state index is 14.4. The molecule has 10 heterocycles. The third-order valence-corrected chi connectivity index (χ3v) is 23.3. The molecule has 0 saturated carbocycles. The highest BCUT2D eigenvalue weighted by molar-refractivity contribution is 5.96. The molecule has 10 aliphatic rings. The lowest BCUT2D eigenvalue weighted by molar-refractivity contribution is -0.298. The van der Waals surface area contributed by atoms with Crippen molar-refractivity contribution >= 4 is 5.97 Å². The van der Waals surface area contributed by atoms with Crippen LogP contribution in [-0.4, -0.2) is 48.5 Å². The summed E-state index contributed by atoms with van der Waals surface area (Å²) in [4.78, 5) is 14.4. The predicted molar refractivity (Wildman–Crippen MR) is 492 cm³/mol. The Hall–Kier alpha value is -9.31. The first kappa shape index (κ1) is 92.6. The van der Waals surface area contributed by atoms with Gasteiger partial charge < -0.3 is 18.9 Å². The van der Waals surface area contributed by atoms with Crippen LogP contribution in [-0.2, 0) is 9.94 Å². The number of methoxy groups -OCH3 is 1.